The third kappa shape index (κ3) is 3.02. The maximum Gasteiger partial charge on any atom is 0.0556 e. The number of aryl methyl sites for hydroxylation is 2. The molecule has 84 valence electrons. The number of benzene rings is 1. The summed E-state index contributed by atoms with van der Waals surface area (Å²) in [6.45, 7) is 5.44. The van der Waals surface area contributed by atoms with Gasteiger partial charge in [-0.1, -0.05) is 18.2 Å². The smallest absolute Gasteiger partial charge is 0.0556 e. The second kappa shape index (κ2) is 5.85. The molecule has 1 aromatic rings. The van der Waals surface area contributed by atoms with Crippen LogP contribution >= 0.6 is 0 Å². The minimum Gasteiger partial charge on any atom is -0.395 e. The topological polar surface area (TPSA) is 58.3 Å². The third-order valence-corrected chi connectivity index (χ3v) is 2.63. The van der Waals surface area contributed by atoms with Gasteiger partial charge >= 0.3 is 0 Å². The van der Waals surface area contributed by atoms with E-state index in [4.69, 9.17) is 10.8 Å². The SMILES string of the molecule is Cc1cccc(C)c1C(CN)NCCO. The summed E-state index contributed by atoms with van der Waals surface area (Å²) in [7, 11) is 0. The first-order valence-corrected chi connectivity index (χ1v) is 5.31. The number of hydrogen-bond donors (Lipinski definition) is 3. The van der Waals surface area contributed by atoms with Crippen LogP contribution < -0.4 is 11.1 Å². The lowest BCUT2D eigenvalue weighted by Gasteiger charge is -2.21. The number of hydrogen-bond acceptors (Lipinski definition) is 3. The summed E-state index contributed by atoms with van der Waals surface area (Å²) in [5.41, 5.74) is 9.49. The minimum absolute atomic E-state index is 0.137. The van der Waals surface area contributed by atoms with Gasteiger partial charge < -0.3 is 16.2 Å². The Labute approximate surface area is 91.3 Å². The van der Waals surface area contributed by atoms with Crippen molar-refractivity contribution < 1.29 is 5.11 Å². The van der Waals surface area contributed by atoms with E-state index in [0.29, 0.717) is 13.1 Å². The fourth-order valence-electron chi connectivity index (χ4n) is 1.92. The van der Waals surface area contributed by atoms with Crippen LogP contribution in [0, 0.1) is 13.8 Å². The van der Waals surface area contributed by atoms with Gasteiger partial charge in [0.05, 0.1) is 6.61 Å². The summed E-state index contributed by atoms with van der Waals surface area (Å²) >= 11 is 0. The van der Waals surface area contributed by atoms with E-state index in [0.717, 1.165) is 0 Å². The van der Waals surface area contributed by atoms with Gasteiger partial charge in [0.15, 0.2) is 0 Å². The van der Waals surface area contributed by atoms with Crippen LogP contribution in [0.4, 0.5) is 0 Å². The fraction of sp³-hybridized carbons (Fsp3) is 0.500. The molecule has 3 nitrogen and oxygen atoms in total. The molecule has 0 saturated heterocycles. The van der Waals surface area contributed by atoms with Crippen LogP contribution in [0.1, 0.15) is 22.7 Å². The Bertz CT molecular complexity index is 292. The molecular weight excluding hydrogens is 188 g/mol. The summed E-state index contributed by atoms with van der Waals surface area (Å²) in [6.07, 6.45) is 0. The minimum atomic E-state index is 0.137. The third-order valence-electron chi connectivity index (χ3n) is 2.63. The molecule has 0 aliphatic rings. The zero-order valence-electron chi connectivity index (χ0n) is 9.46. The van der Waals surface area contributed by atoms with Crippen LogP contribution in [0.25, 0.3) is 0 Å². The van der Waals surface area contributed by atoms with Gasteiger partial charge in [0.1, 0.15) is 0 Å². The highest BCUT2D eigenvalue weighted by atomic mass is 16.3. The molecule has 1 aromatic carbocycles. The van der Waals surface area contributed by atoms with Crippen molar-refractivity contribution in [2.24, 2.45) is 5.73 Å². The van der Waals surface area contributed by atoms with Crippen molar-refractivity contribution in [2.45, 2.75) is 19.9 Å². The normalized spacial score (nSPS) is 12.8. The Morgan fingerprint density at radius 3 is 2.40 bits per heavy atom. The lowest BCUT2D eigenvalue weighted by molar-refractivity contribution is 0.285. The number of aliphatic hydroxyl groups excluding tert-OH is 1. The van der Waals surface area contributed by atoms with Crippen molar-refractivity contribution in [3.05, 3.63) is 34.9 Å². The van der Waals surface area contributed by atoms with Crippen molar-refractivity contribution in [1.29, 1.82) is 0 Å². The summed E-state index contributed by atoms with van der Waals surface area (Å²) in [5, 5.41) is 12.0. The predicted octanol–water partition coefficient (Wildman–Crippen LogP) is 0.885. The molecule has 0 aromatic heterocycles. The maximum absolute atomic E-state index is 8.79. The molecule has 0 fully saturated rings. The van der Waals surface area contributed by atoms with Crippen LogP contribution in [0.15, 0.2) is 18.2 Å². The van der Waals surface area contributed by atoms with Crippen molar-refractivity contribution >= 4 is 0 Å². The van der Waals surface area contributed by atoms with Gasteiger partial charge in [-0.05, 0) is 30.5 Å². The Kier molecular flexibility index (Phi) is 4.75. The van der Waals surface area contributed by atoms with Crippen LogP contribution in [0.2, 0.25) is 0 Å². The molecule has 0 spiro atoms. The van der Waals surface area contributed by atoms with E-state index in [1.54, 1.807) is 0 Å². The number of nitrogens with two attached hydrogens (primary N) is 1. The van der Waals surface area contributed by atoms with E-state index in [1.165, 1.54) is 16.7 Å². The summed E-state index contributed by atoms with van der Waals surface area (Å²) in [5.74, 6) is 0. The standard InChI is InChI=1S/C12H20N2O/c1-9-4-3-5-10(2)12(9)11(8-13)14-6-7-15/h3-5,11,14-15H,6-8,13H2,1-2H3. The molecular formula is C12H20N2O. The zero-order valence-corrected chi connectivity index (χ0v) is 9.46. The molecule has 4 N–H and O–H groups in total. The summed E-state index contributed by atoms with van der Waals surface area (Å²) in [6, 6.07) is 6.36. The molecule has 0 aliphatic carbocycles. The van der Waals surface area contributed by atoms with Crippen molar-refractivity contribution in [3.8, 4) is 0 Å². The quantitative estimate of drug-likeness (QED) is 0.673. The van der Waals surface area contributed by atoms with E-state index < -0.39 is 0 Å². The Balaban J connectivity index is 2.90. The molecule has 0 heterocycles. The molecule has 0 aliphatic heterocycles. The van der Waals surface area contributed by atoms with Gasteiger partial charge in [0.25, 0.3) is 0 Å². The van der Waals surface area contributed by atoms with Gasteiger partial charge in [0, 0.05) is 19.1 Å². The fourth-order valence-corrected chi connectivity index (χ4v) is 1.92. The molecule has 0 radical (unpaired) electrons. The largest absolute Gasteiger partial charge is 0.395 e. The summed E-state index contributed by atoms with van der Waals surface area (Å²) in [4.78, 5) is 0. The molecule has 1 atom stereocenters. The molecule has 3 heteroatoms. The van der Waals surface area contributed by atoms with Crippen LogP contribution in [0.5, 0.6) is 0 Å². The molecule has 1 rings (SSSR count). The van der Waals surface area contributed by atoms with Gasteiger partial charge in [-0.3, -0.25) is 0 Å². The van der Waals surface area contributed by atoms with E-state index in [9.17, 15) is 0 Å². The van der Waals surface area contributed by atoms with Crippen molar-refractivity contribution in [1.82, 2.24) is 5.32 Å². The van der Waals surface area contributed by atoms with E-state index in [1.807, 2.05) is 6.07 Å². The summed E-state index contributed by atoms with van der Waals surface area (Å²) < 4.78 is 0. The van der Waals surface area contributed by atoms with Gasteiger partial charge in [-0.15, -0.1) is 0 Å². The van der Waals surface area contributed by atoms with Gasteiger partial charge in [-0.2, -0.15) is 0 Å². The first kappa shape index (κ1) is 12.2. The van der Waals surface area contributed by atoms with Crippen molar-refractivity contribution in [3.63, 3.8) is 0 Å². The lowest BCUT2D eigenvalue weighted by Crippen LogP contribution is -2.31. The first-order chi connectivity index (χ1) is 7.20. The monoisotopic (exact) mass is 208 g/mol. The van der Waals surface area contributed by atoms with Gasteiger partial charge in [0.2, 0.25) is 0 Å². The zero-order chi connectivity index (χ0) is 11.3. The highest BCUT2D eigenvalue weighted by Gasteiger charge is 2.13. The van der Waals surface area contributed by atoms with E-state index >= 15 is 0 Å². The number of aliphatic hydroxyl groups is 1. The van der Waals surface area contributed by atoms with Crippen LogP contribution in [-0.4, -0.2) is 24.8 Å². The average molecular weight is 208 g/mol. The Hall–Kier alpha value is -0.900. The van der Waals surface area contributed by atoms with Crippen LogP contribution in [-0.2, 0) is 0 Å². The van der Waals surface area contributed by atoms with Crippen molar-refractivity contribution in [2.75, 3.05) is 19.7 Å². The van der Waals surface area contributed by atoms with Gasteiger partial charge in [-0.25, -0.2) is 0 Å². The molecule has 1 unspecified atom stereocenters. The average Bonchev–Trinajstić information content (AvgIpc) is 2.22. The molecule has 15 heavy (non-hydrogen) atoms. The highest BCUT2D eigenvalue weighted by Crippen LogP contribution is 2.20. The Morgan fingerprint density at radius 2 is 1.93 bits per heavy atom. The predicted molar refractivity (Wildman–Crippen MR) is 62.8 cm³/mol. The van der Waals surface area contributed by atoms with E-state index in [2.05, 4.69) is 31.3 Å². The maximum atomic E-state index is 8.79. The Morgan fingerprint density at radius 1 is 1.33 bits per heavy atom. The highest BCUT2D eigenvalue weighted by molar-refractivity contribution is 5.36. The number of nitrogens with one attached hydrogen (secondary N) is 1. The second-order valence-corrected chi connectivity index (χ2v) is 3.77. The molecule has 0 saturated carbocycles. The van der Waals surface area contributed by atoms with E-state index in [-0.39, 0.29) is 12.6 Å². The molecule has 0 amide bonds. The van der Waals surface area contributed by atoms with Crippen LogP contribution in [0.3, 0.4) is 0 Å². The number of rotatable bonds is 5. The molecule has 0 bridgehead atoms. The second-order valence-electron chi connectivity index (χ2n) is 3.77. The first-order valence-electron chi connectivity index (χ1n) is 5.31. The lowest BCUT2D eigenvalue weighted by atomic mass is 9.96.